The lowest BCUT2D eigenvalue weighted by atomic mass is 10.2. The molecule has 0 spiro atoms. The van der Waals surface area contributed by atoms with E-state index in [0.717, 1.165) is 0 Å². The van der Waals surface area contributed by atoms with E-state index in [-0.39, 0.29) is 0 Å². The second-order valence-corrected chi connectivity index (χ2v) is 2.19. The summed E-state index contributed by atoms with van der Waals surface area (Å²) in [5.41, 5.74) is 5.50. The van der Waals surface area contributed by atoms with Gasteiger partial charge in [0.1, 0.15) is 5.84 Å². The number of nitrogens with two attached hydrogens (primary N) is 1. The van der Waals surface area contributed by atoms with Gasteiger partial charge in [-0.3, -0.25) is 0 Å². The Labute approximate surface area is 83.9 Å². The van der Waals surface area contributed by atoms with Crippen LogP contribution in [0.1, 0.15) is 48.5 Å². The molecule has 0 aromatic heterocycles. The average molecular weight is 186 g/mol. The van der Waals surface area contributed by atoms with Crippen LogP contribution in [0.3, 0.4) is 0 Å². The van der Waals surface area contributed by atoms with Crippen molar-refractivity contribution < 1.29 is 0 Å². The lowest BCUT2D eigenvalue weighted by Crippen LogP contribution is -2.17. The van der Waals surface area contributed by atoms with Crippen molar-refractivity contribution in [2.24, 2.45) is 16.6 Å². The fourth-order valence-electron chi connectivity index (χ4n) is 0.310. The predicted octanol–water partition coefficient (Wildman–Crippen LogP) is 3.59. The highest BCUT2D eigenvalue weighted by Gasteiger charge is 1.94. The Morgan fingerprint density at radius 1 is 1.15 bits per heavy atom. The molecule has 0 unspecified atom stereocenters. The minimum Gasteiger partial charge on any atom is -0.387 e. The molecule has 0 heterocycles. The third kappa shape index (κ3) is 18.3. The fourth-order valence-corrected chi connectivity index (χ4v) is 0.310. The van der Waals surface area contributed by atoms with Crippen LogP contribution in [0.2, 0.25) is 0 Å². The predicted molar refractivity (Wildman–Crippen MR) is 64.0 cm³/mol. The molecule has 2 N–H and O–H groups in total. The van der Waals surface area contributed by atoms with Gasteiger partial charge < -0.3 is 5.73 Å². The smallest absolute Gasteiger partial charge is 0.101 e. The first-order valence-corrected chi connectivity index (χ1v) is 5.12. The standard InChI is InChI=1S/C7H14N2.2C2H6/c1-4-5-9-7(8)6(2)3;2*1-2/h4-6H,1-3H3,(H2,8,9);2*1-2H3/b5-4-;;. The van der Waals surface area contributed by atoms with Crippen molar-refractivity contribution in [3.8, 4) is 0 Å². The van der Waals surface area contributed by atoms with Gasteiger partial charge in [0.05, 0.1) is 0 Å². The molecule has 0 aliphatic rings. The van der Waals surface area contributed by atoms with E-state index < -0.39 is 0 Å². The van der Waals surface area contributed by atoms with Crippen LogP contribution in [0.5, 0.6) is 0 Å². The molecule has 0 saturated carbocycles. The summed E-state index contributed by atoms with van der Waals surface area (Å²) >= 11 is 0. The highest BCUT2D eigenvalue weighted by Crippen LogP contribution is 1.90. The summed E-state index contributed by atoms with van der Waals surface area (Å²) in [6.45, 7) is 13.9. The Bertz CT molecular complexity index is 124. The molecule has 13 heavy (non-hydrogen) atoms. The number of aliphatic imine (C=N–C) groups is 1. The quantitative estimate of drug-likeness (QED) is 0.519. The summed E-state index contributed by atoms with van der Waals surface area (Å²) < 4.78 is 0. The lowest BCUT2D eigenvalue weighted by molar-refractivity contribution is 0.872. The van der Waals surface area contributed by atoms with Crippen molar-refractivity contribution in [1.29, 1.82) is 0 Å². The zero-order valence-corrected chi connectivity index (χ0v) is 10.3. The maximum absolute atomic E-state index is 5.50. The second kappa shape index (κ2) is 17.3. The van der Waals surface area contributed by atoms with Crippen LogP contribution in [-0.2, 0) is 0 Å². The maximum atomic E-state index is 5.50. The number of hydrogen-bond acceptors (Lipinski definition) is 1. The fraction of sp³-hybridized carbons (Fsp3) is 0.727. The van der Waals surface area contributed by atoms with Gasteiger partial charge in [0.25, 0.3) is 0 Å². The van der Waals surface area contributed by atoms with Gasteiger partial charge in [-0.2, -0.15) is 0 Å². The molecule has 0 aromatic carbocycles. The number of allylic oxidation sites excluding steroid dienone is 1. The summed E-state index contributed by atoms with van der Waals surface area (Å²) in [5.74, 6) is 1.04. The Kier molecular flexibility index (Phi) is 24.1. The van der Waals surface area contributed by atoms with Crippen LogP contribution in [0, 0.1) is 5.92 Å². The van der Waals surface area contributed by atoms with Gasteiger partial charge in [-0.05, 0) is 6.92 Å². The first-order chi connectivity index (χ1) is 6.18. The van der Waals surface area contributed by atoms with Gasteiger partial charge in [-0.25, -0.2) is 4.99 Å². The largest absolute Gasteiger partial charge is 0.387 e. The summed E-state index contributed by atoms with van der Waals surface area (Å²) in [5, 5.41) is 0. The summed E-state index contributed by atoms with van der Waals surface area (Å²) in [7, 11) is 0. The Morgan fingerprint density at radius 2 is 1.54 bits per heavy atom. The molecule has 2 nitrogen and oxygen atoms in total. The number of nitrogens with zero attached hydrogens (tertiary/aromatic N) is 1. The summed E-state index contributed by atoms with van der Waals surface area (Å²) in [6, 6.07) is 0. The van der Waals surface area contributed by atoms with Gasteiger partial charge in [0.15, 0.2) is 0 Å². The molecule has 0 amide bonds. The zero-order chi connectivity index (χ0) is 11.3. The van der Waals surface area contributed by atoms with E-state index in [1.54, 1.807) is 6.20 Å². The Balaban J connectivity index is -0.000000218. The molecule has 0 saturated heterocycles. The van der Waals surface area contributed by atoms with Crippen LogP contribution < -0.4 is 5.73 Å². The van der Waals surface area contributed by atoms with E-state index in [9.17, 15) is 0 Å². The molecule has 0 bridgehead atoms. The van der Waals surface area contributed by atoms with E-state index in [1.807, 2.05) is 54.5 Å². The monoisotopic (exact) mass is 186 g/mol. The normalized spacial score (nSPS) is 10.3. The maximum Gasteiger partial charge on any atom is 0.101 e. The van der Waals surface area contributed by atoms with Crippen molar-refractivity contribution in [1.82, 2.24) is 0 Å². The van der Waals surface area contributed by atoms with E-state index in [1.165, 1.54) is 0 Å². The number of amidine groups is 1. The van der Waals surface area contributed by atoms with Crippen molar-refractivity contribution in [3.63, 3.8) is 0 Å². The SMILES string of the molecule is C/C=C\N=C(N)C(C)C.CC.CC. The molecule has 0 atom stereocenters. The van der Waals surface area contributed by atoms with E-state index in [0.29, 0.717) is 11.8 Å². The van der Waals surface area contributed by atoms with Gasteiger partial charge in [0, 0.05) is 12.1 Å². The molecular weight excluding hydrogens is 160 g/mol. The van der Waals surface area contributed by atoms with Crippen molar-refractivity contribution in [2.75, 3.05) is 0 Å². The molecule has 0 rings (SSSR count). The van der Waals surface area contributed by atoms with Crippen LogP contribution in [0.25, 0.3) is 0 Å². The Hall–Kier alpha value is -0.790. The van der Waals surface area contributed by atoms with Crippen LogP contribution in [-0.4, -0.2) is 5.84 Å². The summed E-state index contributed by atoms with van der Waals surface area (Å²) in [6.07, 6.45) is 3.56. The molecule has 0 fully saturated rings. The first kappa shape index (κ1) is 18.1. The number of hydrogen-bond donors (Lipinski definition) is 1. The average Bonchev–Trinajstić information content (AvgIpc) is 2.20. The molecule has 0 aliphatic carbocycles. The first-order valence-electron chi connectivity index (χ1n) is 5.12. The third-order valence-electron chi connectivity index (χ3n) is 0.964. The highest BCUT2D eigenvalue weighted by atomic mass is 14.8. The molecule has 0 aromatic rings. The molecule has 0 radical (unpaired) electrons. The van der Waals surface area contributed by atoms with Gasteiger partial charge in [-0.15, -0.1) is 0 Å². The van der Waals surface area contributed by atoms with Crippen molar-refractivity contribution in [3.05, 3.63) is 12.3 Å². The van der Waals surface area contributed by atoms with Gasteiger partial charge >= 0.3 is 0 Å². The molecule has 2 heteroatoms. The van der Waals surface area contributed by atoms with Crippen LogP contribution in [0.4, 0.5) is 0 Å². The van der Waals surface area contributed by atoms with Crippen molar-refractivity contribution in [2.45, 2.75) is 48.5 Å². The van der Waals surface area contributed by atoms with Gasteiger partial charge in [-0.1, -0.05) is 47.6 Å². The molecule has 80 valence electrons. The van der Waals surface area contributed by atoms with E-state index >= 15 is 0 Å². The molecule has 0 aliphatic heterocycles. The summed E-state index contributed by atoms with van der Waals surface area (Å²) in [4.78, 5) is 3.96. The zero-order valence-electron chi connectivity index (χ0n) is 10.3. The van der Waals surface area contributed by atoms with Crippen molar-refractivity contribution >= 4 is 5.84 Å². The minimum absolute atomic E-state index is 0.348. The van der Waals surface area contributed by atoms with E-state index in [4.69, 9.17) is 5.73 Å². The topological polar surface area (TPSA) is 38.4 Å². The highest BCUT2D eigenvalue weighted by molar-refractivity contribution is 5.82. The van der Waals surface area contributed by atoms with Crippen LogP contribution in [0.15, 0.2) is 17.3 Å². The number of rotatable bonds is 2. The van der Waals surface area contributed by atoms with Crippen LogP contribution >= 0.6 is 0 Å². The van der Waals surface area contributed by atoms with Gasteiger partial charge in [0.2, 0.25) is 0 Å². The Morgan fingerprint density at radius 3 is 1.77 bits per heavy atom. The lowest BCUT2D eigenvalue weighted by Gasteiger charge is -1.99. The minimum atomic E-state index is 0.348. The van der Waals surface area contributed by atoms with E-state index in [2.05, 4.69) is 4.99 Å². The second-order valence-electron chi connectivity index (χ2n) is 2.19. The molecular formula is C11H26N2. The third-order valence-corrected chi connectivity index (χ3v) is 0.964.